The molecule has 4 N–H and O–H groups in total. The maximum absolute atomic E-state index is 9.79. The number of rotatable bonds is 5. The quantitative estimate of drug-likeness (QED) is 0.770. The first-order valence-electron chi connectivity index (χ1n) is 6.43. The van der Waals surface area contributed by atoms with Gasteiger partial charge in [-0.2, -0.15) is 0 Å². The van der Waals surface area contributed by atoms with Crippen molar-refractivity contribution in [3.8, 4) is 0 Å². The molecule has 0 saturated carbocycles. The largest absolute Gasteiger partial charge is 0.481 e. The van der Waals surface area contributed by atoms with Crippen molar-refractivity contribution in [1.29, 1.82) is 0 Å². The van der Waals surface area contributed by atoms with Gasteiger partial charge in [-0.15, -0.1) is 0 Å². The van der Waals surface area contributed by atoms with Crippen molar-refractivity contribution in [3.63, 3.8) is 0 Å². The number of carbonyl (C=O) groups is 2. The van der Waals surface area contributed by atoms with E-state index in [1.54, 1.807) is 0 Å². The molecule has 0 unspecified atom stereocenters. The zero-order chi connectivity index (χ0) is 15.8. The topological polar surface area (TPSA) is 101 Å². The van der Waals surface area contributed by atoms with Crippen LogP contribution in [0.4, 0.5) is 0 Å². The van der Waals surface area contributed by atoms with Crippen LogP contribution >= 0.6 is 0 Å². The van der Waals surface area contributed by atoms with Crippen molar-refractivity contribution < 1.29 is 19.8 Å². The van der Waals surface area contributed by atoms with Crippen LogP contribution in [0.2, 0.25) is 0 Å². The lowest BCUT2D eigenvalue weighted by atomic mass is 9.92. The summed E-state index contributed by atoms with van der Waals surface area (Å²) in [7, 11) is 0. The molecule has 1 aromatic carbocycles. The van der Waals surface area contributed by atoms with Gasteiger partial charge in [0.25, 0.3) is 0 Å². The molecule has 0 fully saturated rings. The molecule has 0 spiro atoms. The first-order valence-corrected chi connectivity index (χ1v) is 6.43. The predicted octanol–water partition coefficient (Wildman–Crippen LogP) is 2.51. The standard InChI is InChI=1S/C10H15N.C5H8O4/c1-8-6-4-5-7-9(8)10(2,3)11;6-4(7)2-1-3-5(8)9/h4-7H,11H2,1-3H3;1-3H2,(H,6,7)(H,8,9). The summed E-state index contributed by atoms with van der Waals surface area (Å²) in [4.78, 5) is 19.6. The van der Waals surface area contributed by atoms with E-state index in [-0.39, 0.29) is 24.8 Å². The van der Waals surface area contributed by atoms with E-state index in [1.165, 1.54) is 11.1 Å². The molecule has 0 bridgehead atoms. The monoisotopic (exact) mass is 281 g/mol. The Morgan fingerprint density at radius 1 is 1.10 bits per heavy atom. The fraction of sp³-hybridized carbons (Fsp3) is 0.467. The van der Waals surface area contributed by atoms with E-state index < -0.39 is 11.9 Å². The van der Waals surface area contributed by atoms with Crippen LogP contribution in [0, 0.1) is 6.92 Å². The number of aliphatic carboxylic acids is 2. The van der Waals surface area contributed by atoms with Crippen LogP contribution in [-0.4, -0.2) is 22.2 Å². The van der Waals surface area contributed by atoms with Gasteiger partial charge in [0.2, 0.25) is 0 Å². The summed E-state index contributed by atoms with van der Waals surface area (Å²) < 4.78 is 0. The van der Waals surface area contributed by atoms with Gasteiger partial charge in [0.15, 0.2) is 0 Å². The highest BCUT2D eigenvalue weighted by Crippen LogP contribution is 2.19. The number of carboxylic acids is 2. The highest BCUT2D eigenvalue weighted by molar-refractivity contribution is 5.69. The molecule has 0 atom stereocenters. The first kappa shape index (κ1) is 18.1. The van der Waals surface area contributed by atoms with E-state index in [1.807, 2.05) is 26.0 Å². The van der Waals surface area contributed by atoms with Crippen molar-refractivity contribution in [1.82, 2.24) is 0 Å². The van der Waals surface area contributed by atoms with Crippen molar-refractivity contribution in [3.05, 3.63) is 35.4 Å². The van der Waals surface area contributed by atoms with Gasteiger partial charge in [-0.1, -0.05) is 24.3 Å². The number of hydrogen-bond donors (Lipinski definition) is 3. The fourth-order valence-electron chi connectivity index (χ4n) is 1.69. The van der Waals surface area contributed by atoms with E-state index >= 15 is 0 Å². The van der Waals surface area contributed by atoms with Crippen molar-refractivity contribution >= 4 is 11.9 Å². The van der Waals surface area contributed by atoms with Crippen LogP contribution < -0.4 is 5.73 Å². The second kappa shape index (κ2) is 8.32. The normalized spacial score (nSPS) is 10.4. The number of carboxylic acid groups (broad SMARTS) is 2. The second-order valence-electron chi connectivity index (χ2n) is 5.18. The molecule has 1 rings (SSSR count). The Morgan fingerprint density at radius 2 is 1.55 bits per heavy atom. The molecular formula is C15H23NO4. The van der Waals surface area contributed by atoms with E-state index in [0.717, 1.165) is 0 Å². The third-order valence-corrected chi connectivity index (χ3v) is 2.62. The summed E-state index contributed by atoms with van der Waals surface area (Å²) >= 11 is 0. The lowest BCUT2D eigenvalue weighted by Gasteiger charge is -2.21. The molecule has 0 aliphatic rings. The van der Waals surface area contributed by atoms with Crippen molar-refractivity contribution in [2.24, 2.45) is 5.73 Å². The summed E-state index contributed by atoms with van der Waals surface area (Å²) in [6.07, 6.45) is 0.0866. The summed E-state index contributed by atoms with van der Waals surface area (Å²) in [5, 5.41) is 16.1. The highest BCUT2D eigenvalue weighted by atomic mass is 16.4. The molecule has 0 radical (unpaired) electrons. The second-order valence-corrected chi connectivity index (χ2v) is 5.18. The molecule has 1 aromatic rings. The predicted molar refractivity (Wildman–Crippen MR) is 77.5 cm³/mol. The van der Waals surface area contributed by atoms with Crippen LogP contribution in [0.1, 0.15) is 44.2 Å². The Hall–Kier alpha value is -1.88. The van der Waals surface area contributed by atoms with Crippen LogP contribution in [-0.2, 0) is 15.1 Å². The molecule has 0 aliphatic heterocycles. The Labute approximate surface area is 119 Å². The lowest BCUT2D eigenvalue weighted by molar-refractivity contribution is -0.138. The van der Waals surface area contributed by atoms with Gasteiger partial charge >= 0.3 is 11.9 Å². The maximum Gasteiger partial charge on any atom is 0.303 e. The first-order chi connectivity index (χ1) is 9.14. The Bertz CT molecular complexity index is 435. The molecule has 0 amide bonds. The van der Waals surface area contributed by atoms with Gasteiger partial charge in [-0.05, 0) is 38.3 Å². The zero-order valence-corrected chi connectivity index (χ0v) is 12.2. The minimum absolute atomic E-state index is 0.0632. The van der Waals surface area contributed by atoms with Gasteiger partial charge in [0.1, 0.15) is 0 Å². The molecule has 5 nitrogen and oxygen atoms in total. The SMILES string of the molecule is Cc1ccccc1C(C)(C)N.O=C(O)CCCC(=O)O. The van der Waals surface area contributed by atoms with Crippen LogP contribution in [0.3, 0.4) is 0 Å². The molecule has 0 aliphatic carbocycles. The number of hydrogen-bond acceptors (Lipinski definition) is 3. The van der Waals surface area contributed by atoms with E-state index in [0.29, 0.717) is 0 Å². The third-order valence-electron chi connectivity index (χ3n) is 2.62. The lowest BCUT2D eigenvalue weighted by Crippen LogP contribution is -2.29. The van der Waals surface area contributed by atoms with E-state index in [2.05, 4.69) is 19.1 Å². The minimum Gasteiger partial charge on any atom is -0.481 e. The van der Waals surface area contributed by atoms with Crippen LogP contribution in [0.5, 0.6) is 0 Å². The molecule has 5 heteroatoms. The Kier molecular flexibility index (Phi) is 7.54. The van der Waals surface area contributed by atoms with Gasteiger partial charge in [0, 0.05) is 18.4 Å². The van der Waals surface area contributed by atoms with Gasteiger partial charge in [-0.25, -0.2) is 0 Å². The summed E-state index contributed by atoms with van der Waals surface area (Å²) in [6.45, 7) is 6.13. The molecular weight excluding hydrogens is 258 g/mol. The molecule has 112 valence electrons. The molecule has 0 aromatic heterocycles. The summed E-state index contributed by atoms with van der Waals surface area (Å²) in [5.74, 6) is -1.90. The number of aryl methyl sites for hydroxylation is 1. The fourth-order valence-corrected chi connectivity index (χ4v) is 1.69. The van der Waals surface area contributed by atoms with Crippen LogP contribution in [0.25, 0.3) is 0 Å². The number of benzene rings is 1. The van der Waals surface area contributed by atoms with E-state index in [9.17, 15) is 9.59 Å². The molecule has 0 heterocycles. The average molecular weight is 281 g/mol. The summed E-state index contributed by atoms with van der Waals surface area (Å²) in [6, 6.07) is 8.22. The Balaban J connectivity index is 0.000000370. The van der Waals surface area contributed by atoms with E-state index in [4.69, 9.17) is 15.9 Å². The summed E-state index contributed by atoms with van der Waals surface area (Å²) in [5.41, 5.74) is 8.23. The van der Waals surface area contributed by atoms with Gasteiger partial charge in [-0.3, -0.25) is 9.59 Å². The molecule has 0 saturated heterocycles. The maximum atomic E-state index is 9.79. The smallest absolute Gasteiger partial charge is 0.303 e. The molecule has 20 heavy (non-hydrogen) atoms. The minimum atomic E-state index is -0.948. The van der Waals surface area contributed by atoms with Gasteiger partial charge < -0.3 is 15.9 Å². The zero-order valence-electron chi connectivity index (χ0n) is 12.2. The highest BCUT2D eigenvalue weighted by Gasteiger charge is 2.14. The average Bonchev–Trinajstić information content (AvgIpc) is 2.27. The van der Waals surface area contributed by atoms with Crippen molar-refractivity contribution in [2.45, 2.75) is 45.6 Å². The third kappa shape index (κ3) is 8.26. The van der Waals surface area contributed by atoms with Gasteiger partial charge in [0.05, 0.1) is 0 Å². The van der Waals surface area contributed by atoms with Crippen LogP contribution in [0.15, 0.2) is 24.3 Å². The van der Waals surface area contributed by atoms with Crippen molar-refractivity contribution in [2.75, 3.05) is 0 Å². The Morgan fingerprint density at radius 3 is 1.85 bits per heavy atom. The number of nitrogens with two attached hydrogens (primary N) is 1.